The summed E-state index contributed by atoms with van der Waals surface area (Å²) < 4.78 is 25.2. The average molecular weight is 215 g/mol. The highest BCUT2D eigenvalue weighted by Crippen LogP contribution is 2.27. The Labute approximate surface area is 83.2 Å². The first kappa shape index (κ1) is 9.67. The molecular weight excluding hydrogens is 202 g/mol. The number of aromatic amines is 1. The lowest BCUT2D eigenvalue weighted by Gasteiger charge is -2.33. The van der Waals surface area contributed by atoms with Crippen LogP contribution in [0.2, 0.25) is 0 Å². The Balaban J connectivity index is 2.23. The third-order valence-electron chi connectivity index (χ3n) is 2.72. The maximum atomic E-state index is 11.9. The van der Waals surface area contributed by atoms with Gasteiger partial charge >= 0.3 is 0 Å². The second kappa shape index (κ2) is 3.36. The Morgan fingerprint density at radius 2 is 2.29 bits per heavy atom. The van der Waals surface area contributed by atoms with Crippen LogP contribution in [0, 0.1) is 0 Å². The van der Waals surface area contributed by atoms with Gasteiger partial charge in [-0.2, -0.15) is 9.40 Å². The molecule has 1 fully saturated rings. The lowest BCUT2D eigenvalue weighted by molar-refractivity contribution is 0.249. The second-order valence-corrected chi connectivity index (χ2v) is 5.49. The summed E-state index contributed by atoms with van der Waals surface area (Å²) in [4.78, 5) is 0. The van der Waals surface area contributed by atoms with Crippen molar-refractivity contribution in [3.8, 4) is 0 Å². The molecule has 5 nitrogen and oxygen atoms in total. The van der Waals surface area contributed by atoms with Gasteiger partial charge < -0.3 is 0 Å². The molecule has 0 radical (unpaired) electrons. The average Bonchev–Trinajstić information content (AvgIpc) is 2.52. The van der Waals surface area contributed by atoms with Crippen molar-refractivity contribution in [1.29, 1.82) is 0 Å². The van der Waals surface area contributed by atoms with E-state index in [2.05, 4.69) is 10.2 Å². The van der Waals surface area contributed by atoms with Gasteiger partial charge in [0.2, 0.25) is 0 Å². The molecule has 78 valence electrons. The third-order valence-corrected chi connectivity index (χ3v) is 4.56. The molecule has 1 aromatic heterocycles. The van der Waals surface area contributed by atoms with E-state index in [1.807, 2.05) is 0 Å². The monoisotopic (exact) mass is 215 g/mol. The highest BCUT2D eigenvalue weighted by molar-refractivity contribution is 7.89. The lowest BCUT2D eigenvalue weighted by atomic mass is 9.94. The molecule has 14 heavy (non-hydrogen) atoms. The number of nitrogens with zero attached hydrogens (tertiary/aromatic N) is 2. The minimum absolute atomic E-state index is 0.170. The molecule has 1 aromatic rings. The predicted octanol–water partition coefficient (Wildman–Crippen LogP) is 0.583. The van der Waals surface area contributed by atoms with Crippen molar-refractivity contribution in [2.45, 2.75) is 30.3 Å². The van der Waals surface area contributed by atoms with Gasteiger partial charge in [-0.25, -0.2) is 8.42 Å². The van der Waals surface area contributed by atoms with Gasteiger partial charge in [-0.15, -0.1) is 0 Å². The van der Waals surface area contributed by atoms with Crippen LogP contribution in [0.25, 0.3) is 0 Å². The summed E-state index contributed by atoms with van der Waals surface area (Å²) in [6, 6.07) is 1.65. The normalized spacial score (nSPS) is 18.4. The van der Waals surface area contributed by atoms with Crippen LogP contribution >= 0.6 is 0 Å². The van der Waals surface area contributed by atoms with E-state index in [0.29, 0.717) is 0 Å². The Hall–Kier alpha value is -0.880. The number of sulfonamides is 1. The molecule has 1 aliphatic rings. The summed E-state index contributed by atoms with van der Waals surface area (Å²) >= 11 is 0. The Morgan fingerprint density at radius 1 is 1.57 bits per heavy atom. The Bertz CT molecular complexity index is 394. The molecular formula is C8H13N3O2S. The van der Waals surface area contributed by atoms with E-state index >= 15 is 0 Å². The Kier molecular flexibility index (Phi) is 2.32. The molecule has 2 rings (SSSR count). The van der Waals surface area contributed by atoms with Gasteiger partial charge in [0.1, 0.15) is 0 Å². The van der Waals surface area contributed by atoms with Crippen LogP contribution in [0.5, 0.6) is 0 Å². The van der Waals surface area contributed by atoms with Crippen molar-refractivity contribution in [2.75, 3.05) is 7.05 Å². The molecule has 0 bridgehead atoms. The smallest absolute Gasteiger partial charge is 0.259 e. The molecule has 0 amide bonds. The fourth-order valence-electron chi connectivity index (χ4n) is 1.49. The van der Waals surface area contributed by atoms with Gasteiger partial charge in [0, 0.05) is 13.1 Å². The van der Waals surface area contributed by atoms with Crippen LogP contribution in [0.15, 0.2) is 17.3 Å². The molecule has 6 heteroatoms. The fraction of sp³-hybridized carbons (Fsp3) is 0.625. The molecule has 0 saturated heterocycles. The molecule has 0 spiro atoms. The Morgan fingerprint density at radius 3 is 2.71 bits per heavy atom. The molecule has 0 aliphatic heterocycles. The van der Waals surface area contributed by atoms with Crippen LogP contribution in [-0.4, -0.2) is 36.0 Å². The van der Waals surface area contributed by atoms with Gasteiger partial charge in [-0.05, 0) is 18.9 Å². The molecule has 1 aliphatic carbocycles. The zero-order valence-corrected chi connectivity index (χ0v) is 8.79. The fourth-order valence-corrected chi connectivity index (χ4v) is 2.80. The van der Waals surface area contributed by atoms with E-state index in [1.165, 1.54) is 16.6 Å². The number of H-pyrrole nitrogens is 1. The first-order valence-electron chi connectivity index (χ1n) is 4.60. The van der Waals surface area contributed by atoms with Gasteiger partial charge in [0.25, 0.3) is 10.0 Å². The van der Waals surface area contributed by atoms with Crippen LogP contribution in [0.4, 0.5) is 0 Å². The van der Waals surface area contributed by atoms with Crippen LogP contribution in [0.1, 0.15) is 19.3 Å². The number of hydrogen-bond acceptors (Lipinski definition) is 3. The molecule has 1 heterocycles. The number of aromatic nitrogens is 2. The second-order valence-electron chi connectivity index (χ2n) is 3.53. The topological polar surface area (TPSA) is 66.1 Å². The number of rotatable bonds is 3. The standard InChI is InChI=1S/C8H13N3O2S/c1-11(7-3-2-4-7)14(12,13)8-5-6-9-10-8/h5-7H,2-4H2,1H3,(H,9,10). The van der Waals surface area contributed by atoms with Gasteiger partial charge in [-0.1, -0.05) is 6.42 Å². The van der Waals surface area contributed by atoms with E-state index in [0.717, 1.165) is 19.3 Å². The van der Waals surface area contributed by atoms with E-state index in [9.17, 15) is 8.42 Å². The van der Waals surface area contributed by atoms with Crippen LogP contribution in [0.3, 0.4) is 0 Å². The highest BCUT2D eigenvalue weighted by atomic mass is 32.2. The van der Waals surface area contributed by atoms with E-state index in [4.69, 9.17) is 0 Å². The van der Waals surface area contributed by atoms with Gasteiger partial charge in [0.05, 0.1) is 6.20 Å². The van der Waals surface area contributed by atoms with Gasteiger partial charge in [-0.3, -0.25) is 5.10 Å². The highest BCUT2D eigenvalue weighted by Gasteiger charge is 2.32. The zero-order chi connectivity index (χ0) is 10.2. The van der Waals surface area contributed by atoms with Gasteiger partial charge in [0.15, 0.2) is 5.03 Å². The molecule has 0 unspecified atom stereocenters. The van der Waals surface area contributed by atoms with Crippen molar-refractivity contribution >= 4 is 10.0 Å². The van der Waals surface area contributed by atoms with Crippen molar-refractivity contribution in [2.24, 2.45) is 0 Å². The summed E-state index contributed by atoms with van der Waals surface area (Å²) in [6.07, 6.45) is 4.49. The molecule has 1 saturated carbocycles. The summed E-state index contributed by atoms with van der Waals surface area (Å²) in [7, 11) is -1.72. The predicted molar refractivity (Wildman–Crippen MR) is 51.2 cm³/mol. The first-order valence-corrected chi connectivity index (χ1v) is 6.04. The third kappa shape index (κ3) is 1.44. The first-order chi connectivity index (χ1) is 6.62. The van der Waals surface area contributed by atoms with Crippen molar-refractivity contribution in [3.05, 3.63) is 12.3 Å². The van der Waals surface area contributed by atoms with E-state index in [-0.39, 0.29) is 11.1 Å². The lowest BCUT2D eigenvalue weighted by Crippen LogP contribution is -2.41. The molecule has 1 N–H and O–H groups in total. The minimum atomic E-state index is -3.34. The summed E-state index contributed by atoms with van der Waals surface area (Å²) in [6.45, 7) is 0. The van der Waals surface area contributed by atoms with Crippen LogP contribution in [-0.2, 0) is 10.0 Å². The van der Waals surface area contributed by atoms with E-state index < -0.39 is 10.0 Å². The number of hydrogen-bond donors (Lipinski definition) is 1. The summed E-state index contributed by atoms with van der Waals surface area (Å²) in [5.41, 5.74) is 0. The van der Waals surface area contributed by atoms with Crippen molar-refractivity contribution in [1.82, 2.24) is 14.5 Å². The van der Waals surface area contributed by atoms with E-state index in [1.54, 1.807) is 7.05 Å². The SMILES string of the molecule is CN(C1CCC1)S(=O)(=O)c1ccn[nH]1. The van der Waals surface area contributed by atoms with Crippen molar-refractivity contribution < 1.29 is 8.42 Å². The van der Waals surface area contributed by atoms with Crippen LogP contribution < -0.4 is 0 Å². The summed E-state index contributed by atoms with van der Waals surface area (Å²) in [5, 5.41) is 6.30. The zero-order valence-electron chi connectivity index (χ0n) is 7.97. The largest absolute Gasteiger partial charge is 0.266 e. The van der Waals surface area contributed by atoms with Crippen molar-refractivity contribution in [3.63, 3.8) is 0 Å². The maximum absolute atomic E-state index is 11.9. The minimum Gasteiger partial charge on any atom is -0.266 e. The summed E-state index contributed by atoms with van der Waals surface area (Å²) in [5.74, 6) is 0. The number of nitrogens with one attached hydrogen (secondary N) is 1. The maximum Gasteiger partial charge on any atom is 0.259 e. The molecule has 0 atom stereocenters. The molecule has 0 aromatic carbocycles. The quantitative estimate of drug-likeness (QED) is 0.802.